The molecule has 0 aromatic heterocycles. The van der Waals surface area contributed by atoms with Crippen molar-refractivity contribution in [1.29, 1.82) is 0 Å². The van der Waals surface area contributed by atoms with Crippen molar-refractivity contribution in [2.75, 3.05) is 0 Å². The van der Waals surface area contributed by atoms with Gasteiger partial charge >= 0.3 is 0 Å². The van der Waals surface area contributed by atoms with Crippen LogP contribution < -0.4 is 5.73 Å². The van der Waals surface area contributed by atoms with E-state index in [0.29, 0.717) is 18.1 Å². The Morgan fingerprint density at radius 1 is 1.31 bits per heavy atom. The number of benzene rings is 1. The van der Waals surface area contributed by atoms with E-state index in [4.69, 9.17) is 22.1 Å². The lowest BCUT2D eigenvalue weighted by molar-refractivity contribution is 0.0885. The van der Waals surface area contributed by atoms with Gasteiger partial charge in [0.1, 0.15) is 0 Å². The molecule has 0 aliphatic carbocycles. The summed E-state index contributed by atoms with van der Waals surface area (Å²) >= 11 is 6.18. The molecule has 2 aliphatic heterocycles. The minimum Gasteiger partial charge on any atom is -0.375 e. The zero-order valence-corrected chi connectivity index (χ0v) is 9.86. The molecule has 16 heavy (non-hydrogen) atoms. The maximum atomic E-state index is 6.32. The maximum absolute atomic E-state index is 6.32. The summed E-state index contributed by atoms with van der Waals surface area (Å²) in [4.78, 5) is 0. The third kappa shape index (κ3) is 1.65. The summed E-state index contributed by atoms with van der Waals surface area (Å²) in [5, 5.41) is 0.776. The fourth-order valence-corrected chi connectivity index (χ4v) is 3.29. The molecule has 0 radical (unpaired) electrons. The van der Waals surface area contributed by atoms with Gasteiger partial charge in [0, 0.05) is 17.0 Å². The topological polar surface area (TPSA) is 35.2 Å². The second-order valence-corrected chi connectivity index (χ2v) is 5.23. The van der Waals surface area contributed by atoms with E-state index in [1.54, 1.807) is 0 Å². The maximum Gasteiger partial charge on any atom is 0.0627 e. The van der Waals surface area contributed by atoms with Gasteiger partial charge < -0.3 is 10.5 Å². The molecule has 4 atom stereocenters. The number of ether oxygens (including phenoxy) is 1. The molecule has 0 saturated carbocycles. The van der Waals surface area contributed by atoms with E-state index >= 15 is 0 Å². The van der Waals surface area contributed by atoms with Gasteiger partial charge in [0.25, 0.3) is 0 Å². The Balaban J connectivity index is 1.83. The van der Waals surface area contributed by atoms with Crippen molar-refractivity contribution in [3.8, 4) is 0 Å². The highest BCUT2D eigenvalue weighted by atomic mass is 35.5. The van der Waals surface area contributed by atoms with Crippen LogP contribution in [0.5, 0.6) is 0 Å². The molecular weight excluding hydrogens is 222 g/mol. The lowest BCUT2D eigenvalue weighted by atomic mass is 9.81. The Hall–Kier alpha value is -0.570. The van der Waals surface area contributed by atoms with Gasteiger partial charge in [-0.25, -0.2) is 0 Å². The van der Waals surface area contributed by atoms with E-state index in [2.05, 4.69) is 0 Å². The molecule has 4 unspecified atom stereocenters. The summed E-state index contributed by atoms with van der Waals surface area (Å²) in [7, 11) is 0. The van der Waals surface area contributed by atoms with Crippen LogP contribution in [0, 0.1) is 5.92 Å². The van der Waals surface area contributed by atoms with Crippen LogP contribution in [0.4, 0.5) is 0 Å². The molecule has 2 fully saturated rings. The Bertz CT molecular complexity index is 395. The summed E-state index contributed by atoms with van der Waals surface area (Å²) in [6.45, 7) is 0. The van der Waals surface area contributed by atoms with E-state index in [9.17, 15) is 0 Å². The molecule has 2 bridgehead atoms. The number of halogens is 1. The molecule has 0 amide bonds. The smallest absolute Gasteiger partial charge is 0.0627 e. The minimum atomic E-state index is 0.0176. The van der Waals surface area contributed by atoms with Gasteiger partial charge in [0.05, 0.1) is 12.2 Å². The molecule has 1 aromatic rings. The average molecular weight is 238 g/mol. The summed E-state index contributed by atoms with van der Waals surface area (Å²) in [6, 6.07) is 7.89. The molecule has 2 N–H and O–H groups in total. The van der Waals surface area contributed by atoms with Gasteiger partial charge in [-0.2, -0.15) is 0 Å². The van der Waals surface area contributed by atoms with E-state index in [1.165, 1.54) is 6.42 Å². The third-order valence-corrected chi connectivity index (χ3v) is 4.22. The largest absolute Gasteiger partial charge is 0.375 e. The van der Waals surface area contributed by atoms with Crippen molar-refractivity contribution in [3.05, 3.63) is 34.9 Å². The predicted molar refractivity (Wildman–Crippen MR) is 64.4 cm³/mol. The summed E-state index contributed by atoms with van der Waals surface area (Å²) in [6.07, 6.45) is 4.26. The molecule has 2 heterocycles. The molecule has 2 aliphatic rings. The second kappa shape index (κ2) is 4.02. The van der Waals surface area contributed by atoms with Crippen LogP contribution in [0.1, 0.15) is 30.9 Å². The Morgan fingerprint density at radius 2 is 2.12 bits per heavy atom. The standard InChI is InChI=1S/C13H16ClNO/c14-11-4-2-1-3-9(11)13(15)10-7-8-5-6-12(10)16-8/h1-4,8,10,12-13H,5-7,15H2. The SMILES string of the molecule is NC(c1ccccc1Cl)C1CC2CCC1O2. The van der Waals surface area contributed by atoms with Crippen LogP contribution in [0.2, 0.25) is 5.02 Å². The summed E-state index contributed by atoms with van der Waals surface area (Å²) < 4.78 is 5.84. The number of rotatable bonds is 2. The van der Waals surface area contributed by atoms with E-state index in [0.717, 1.165) is 23.4 Å². The van der Waals surface area contributed by atoms with E-state index < -0.39 is 0 Å². The minimum absolute atomic E-state index is 0.0176. The molecule has 2 saturated heterocycles. The average Bonchev–Trinajstić information content (AvgIpc) is 2.90. The number of nitrogens with two attached hydrogens (primary N) is 1. The van der Waals surface area contributed by atoms with Crippen molar-refractivity contribution in [2.45, 2.75) is 37.5 Å². The van der Waals surface area contributed by atoms with Crippen molar-refractivity contribution >= 4 is 11.6 Å². The van der Waals surface area contributed by atoms with Gasteiger partial charge in [-0.3, -0.25) is 0 Å². The number of hydrogen-bond donors (Lipinski definition) is 1. The Morgan fingerprint density at radius 3 is 2.75 bits per heavy atom. The van der Waals surface area contributed by atoms with Crippen molar-refractivity contribution in [1.82, 2.24) is 0 Å². The van der Waals surface area contributed by atoms with Crippen molar-refractivity contribution < 1.29 is 4.74 Å². The zero-order valence-electron chi connectivity index (χ0n) is 9.10. The highest BCUT2D eigenvalue weighted by Gasteiger charge is 2.43. The Kier molecular flexibility index (Phi) is 2.66. The Labute approximate surface area is 101 Å². The van der Waals surface area contributed by atoms with Crippen LogP contribution in [-0.2, 0) is 4.74 Å². The summed E-state index contributed by atoms with van der Waals surface area (Å²) in [5.74, 6) is 0.443. The zero-order chi connectivity index (χ0) is 11.1. The molecule has 3 heteroatoms. The normalized spacial score (nSPS) is 34.2. The third-order valence-electron chi connectivity index (χ3n) is 3.88. The highest BCUT2D eigenvalue weighted by molar-refractivity contribution is 6.31. The van der Waals surface area contributed by atoms with Crippen LogP contribution in [-0.4, -0.2) is 12.2 Å². The van der Waals surface area contributed by atoms with Crippen LogP contribution in [0.15, 0.2) is 24.3 Å². The molecular formula is C13H16ClNO. The van der Waals surface area contributed by atoms with Crippen LogP contribution in [0.3, 0.4) is 0 Å². The lowest BCUT2D eigenvalue weighted by Crippen LogP contribution is -2.29. The first kappa shape index (κ1) is 10.6. The molecule has 0 spiro atoms. The lowest BCUT2D eigenvalue weighted by Gasteiger charge is -2.26. The van der Waals surface area contributed by atoms with E-state index in [-0.39, 0.29) is 6.04 Å². The fraction of sp³-hybridized carbons (Fsp3) is 0.538. The fourth-order valence-electron chi connectivity index (χ4n) is 3.03. The van der Waals surface area contributed by atoms with Crippen LogP contribution >= 0.6 is 11.6 Å². The van der Waals surface area contributed by atoms with Crippen molar-refractivity contribution in [3.63, 3.8) is 0 Å². The second-order valence-electron chi connectivity index (χ2n) is 4.82. The molecule has 1 aromatic carbocycles. The molecule has 86 valence electrons. The quantitative estimate of drug-likeness (QED) is 0.859. The van der Waals surface area contributed by atoms with Gasteiger partial charge in [0.2, 0.25) is 0 Å². The van der Waals surface area contributed by atoms with Gasteiger partial charge in [-0.1, -0.05) is 29.8 Å². The van der Waals surface area contributed by atoms with Gasteiger partial charge in [-0.15, -0.1) is 0 Å². The monoisotopic (exact) mass is 237 g/mol. The predicted octanol–water partition coefficient (Wildman–Crippen LogP) is 2.91. The van der Waals surface area contributed by atoms with E-state index in [1.807, 2.05) is 24.3 Å². The highest BCUT2D eigenvalue weighted by Crippen LogP contribution is 2.44. The van der Waals surface area contributed by atoms with Gasteiger partial charge in [0.15, 0.2) is 0 Å². The first-order chi connectivity index (χ1) is 7.75. The number of fused-ring (bicyclic) bond motifs is 2. The van der Waals surface area contributed by atoms with Crippen LogP contribution in [0.25, 0.3) is 0 Å². The van der Waals surface area contributed by atoms with Crippen molar-refractivity contribution in [2.24, 2.45) is 11.7 Å². The summed E-state index contributed by atoms with van der Waals surface area (Å²) in [5.41, 5.74) is 7.38. The first-order valence-electron chi connectivity index (χ1n) is 5.91. The number of hydrogen-bond acceptors (Lipinski definition) is 2. The van der Waals surface area contributed by atoms with Gasteiger partial charge in [-0.05, 0) is 30.9 Å². The molecule has 2 nitrogen and oxygen atoms in total. The molecule has 3 rings (SSSR count). The first-order valence-corrected chi connectivity index (χ1v) is 6.29.